The summed E-state index contributed by atoms with van der Waals surface area (Å²) in [4.78, 5) is 19.7. The second-order valence-electron chi connectivity index (χ2n) is 10.5. The number of pyridine rings is 1. The Morgan fingerprint density at radius 3 is 2.63 bits per heavy atom. The van der Waals surface area contributed by atoms with Crippen LogP contribution in [0, 0.1) is 0 Å². The Morgan fingerprint density at radius 1 is 1.08 bits per heavy atom. The Hall–Kier alpha value is -3.81. The fourth-order valence-corrected chi connectivity index (χ4v) is 5.82. The number of hydrogen-bond acceptors (Lipinski definition) is 6. The van der Waals surface area contributed by atoms with Gasteiger partial charge in [-0.1, -0.05) is 49.1 Å². The number of aromatic nitrogens is 4. The molecule has 1 saturated carbocycles. The van der Waals surface area contributed by atoms with E-state index in [1.54, 1.807) is 12.3 Å². The van der Waals surface area contributed by atoms with Gasteiger partial charge >= 0.3 is 0 Å². The van der Waals surface area contributed by atoms with Crippen LogP contribution < -0.4 is 5.73 Å². The summed E-state index contributed by atoms with van der Waals surface area (Å²) in [6.07, 6.45) is 13.9. The first-order valence-electron chi connectivity index (χ1n) is 13.5. The first-order chi connectivity index (χ1) is 18.6. The lowest BCUT2D eigenvalue weighted by Crippen LogP contribution is -2.52. The van der Waals surface area contributed by atoms with Crippen LogP contribution in [0.25, 0.3) is 33.3 Å². The number of nitrogen functional groups attached to an aromatic ring is 1. The van der Waals surface area contributed by atoms with Crippen LogP contribution >= 0.6 is 0 Å². The number of piperazine rings is 1. The summed E-state index contributed by atoms with van der Waals surface area (Å²) in [5.41, 5.74) is 12.1. The van der Waals surface area contributed by atoms with Crippen molar-refractivity contribution in [1.82, 2.24) is 29.2 Å². The van der Waals surface area contributed by atoms with Crippen molar-refractivity contribution in [2.45, 2.75) is 31.7 Å². The summed E-state index contributed by atoms with van der Waals surface area (Å²) < 4.78 is 2.16. The number of nitrogens with two attached hydrogens (primary N) is 1. The predicted octanol–water partition coefficient (Wildman–Crippen LogP) is 5.17. The molecule has 1 aliphatic heterocycles. The molecule has 2 fully saturated rings. The number of hydrogen-bond donors (Lipinski definition) is 1. The minimum absolute atomic E-state index is 0.417. The van der Waals surface area contributed by atoms with Crippen LogP contribution in [0.15, 0.2) is 73.6 Å². The summed E-state index contributed by atoms with van der Waals surface area (Å²) in [6.45, 7) is 10.5. The molecule has 2 aliphatic rings. The average molecular weight is 506 g/mol. The zero-order valence-corrected chi connectivity index (χ0v) is 22.2. The lowest BCUT2D eigenvalue weighted by Gasteiger charge is -2.45. The molecule has 3 aromatic heterocycles. The van der Waals surface area contributed by atoms with Crippen LogP contribution in [0.3, 0.4) is 0 Å². The Balaban J connectivity index is 1.36. The lowest BCUT2D eigenvalue weighted by molar-refractivity contribution is 0.0586. The van der Waals surface area contributed by atoms with Gasteiger partial charge < -0.3 is 10.6 Å². The summed E-state index contributed by atoms with van der Waals surface area (Å²) in [5, 5.41) is 1.08. The highest BCUT2D eigenvalue weighted by Gasteiger charge is 2.38. The van der Waals surface area contributed by atoms with Gasteiger partial charge in [0.2, 0.25) is 0 Å². The standard InChI is InChI=1S/C31H35N7/c1-4-6-21(7-5-2)26-11-10-22-8-9-23(20-27(22)34-26)28-29-30(32)33-12-13-38(29)31(35-28)24-18-25(19-24)37-16-14-36(3)15-17-37/h4-13,20,24-25H,1,14-19H2,2-3H3,(H2,32,33)/b7-5-,21-6+/t24-,25+. The van der Waals surface area contributed by atoms with E-state index < -0.39 is 0 Å². The van der Waals surface area contributed by atoms with E-state index in [0.29, 0.717) is 17.8 Å². The third-order valence-electron chi connectivity index (χ3n) is 8.05. The van der Waals surface area contributed by atoms with Crippen molar-refractivity contribution in [3.8, 4) is 11.3 Å². The molecule has 194 valence electrons. The minimum Gasteiger partial charge on any atom is -0.382 e. The molecule has 0 atom stereocenters. The van der Waals surface area contributed by atoms with Crippen LogP contribution in [-0.4, -0.2) is 68.4 Å². The molecule has 0 bridgehead atoms. The summed E-state index contributed by atoms with van der Waals surface area (Å²) >= 11 is 0. The number of rotatable bonds is 6. The second kappa shape index (κ2) is 10.2. The molecule has 6 rings (SSSR count). The second-order valence-corrected chi connectivity index (χ2v) is 10.5. The Morgan fingerprint density at radius 2 is 1.87 bits per heavy atom. The topological polar surface area (TPSA) is 75.6 Å². The van der Waals surface area contributed by atoms with Crippen molar-refractivity contribution in [3.05, 3.63) is 85.1 Å². The van der Waals surface area contributed by atoms with Gasteiger partial charge in [0, 0.05) is 61.5 Å². The van der Waals surface area contributed by atoms with Gasteiger partial charge in [0.25, 0.3) is 0 Å². The number of fused-ring (bicyclic) bond motifs is 2. The van der Waals surface area contributed by atoms with Crippen molar-refractivity contribution in [2.24, 2.45) is 0 Å². The molecule has 1 aromatic carbocycles. The minimum atomic E-state index is 0.417. The van der Waals surface area contributed by atoms with Crippen molar-refractivity contribution in [2.75, 3.05) is 39.0 Å². The summed E-state index contributed by atoms with van der Waals surface area (Å²) in [6, 6.07) is 11.1. The molecule has 7 heteroatoms. The zero-order chi connectivity index (χ0) is 26.2. The van der Waals surface area contributed by atoms with Crippen molar-refractivity contribution >= 4 is 27.8 Å². The first-order valence-corrected chi connectivity index (χ1v) is 13.5. The molecule has 4 heterocycles. The maximum atomic E-state index is 6.44. The van der Waals surface area contributed by atoms with Crippen molar-refractivity contribution < 1.29 is 0 Å². The molecule has 4 aromatic rings. The van der Waals surface area contributed by atoms with E-state index in [4.69, 9.17) is 15.7 Å². The van der Waals surface area contributed by atoms with Crippen LogP contribution in [0.5, 0.6) is 0 Å². The van der Waals surface area contributed by atoms with Crippen LogP contribution in [0.2, 0.25) is 0 Å². The smallest absolute Gasteiger partial charge is 0.150 e. The molecule has 2 N–H and O–H groups in total. The van der Waals surface area contributed by atoms with Gasteiger partial charge in [-0.3, -0.25) is 9.30 Å². The van der Waals surface area contributed by atoms with E-state index in [1.165, 1.54) is 0 Å². The molecule has 1 saturated heterocycles. The van der Waals surface area contributed by atoms with Gasteiger partial charge in [-0.25, -0.2) is 15.0 Å². The van der Waals surface area contributed by atoms with E-state index in [-0.39, 0.29) is 0 Å². The molecular formula is C31H35N7. The van der Waals surface area contributed by atoms with Crippen LogP contribution in [0.1, 0.15) is 37.2 Å². The van der Waals surface area contributed by atoms with Crippen molar-refractivity contribution in [1.29, 1.82) is 0 Å². The molecule has 38 heavy (non-hydrogen) atoms. The van der Waals surface area contributed by atoms with E-state index in [9.17, 15) is 0 Å². The van der Waals surface area contributed by atoms with E-state index in [2.05, 4.69) is 69.2 Å². The Bertz CT molecular complexity index is 1550. The van der Waals surface area contributed by atoms with Gasteiger partial charge in [0.05, 0.1) is 11.2 Å². The fraction of sp³-hybridized carbons (Fsp3) is 0.323. The van der Waals surface area contributed by atoms with Gasteiger partial charge in [-0.2, -0.15) is 0 Å². The molecular weight excluding hydrogens is 470 g/mol. The van der Waals surface area contributed by atoms with Gasteiger partial charge in [0.15, 0.2) is 0 Å². The average Bonchev–Trinajstić information content (AvgIpc) is 3.29. The van der Waals surface area contributed by atoms with Gasteiger partial charge in [-0.15, -0.1) is 0 Å². The maximum Gasteiger partial charge on any atom is 0.150 e. The van der Waals surface area contributed by atoms with Crippen LogP contribution in [0.4, 0.5) is 5.82 Å². The van der Waals surface area contributed by atoms with E-state index in [0.717, 1.165) is 83.8 Å². The Labute approximate surface area is 224 Å². The molecule has 0 unspecified atom stereocenters. The summed E-state index contributed by atoms with van der Waals surface area (Å²) in [7, 11) is 2.21. The summed E-state index contributed by atoms with van der Waals surface area (Å²) in [5.74, 6) is 2.00. The largest absolute Gasteiger partial charge is 0.382 e. The van der Waals surface area contributed by atoms with E-state index in [1.807, 2.05) is 25.3 Å². The number of benzene rings is 1. The molecule has 7 nitrogen and oxygen atoms in total. The Kier molecular flexibility index (Phi) is 6.55. The maximum absolute atomic E-state index is 6.44. The molecule has 0 amide bonds. The van der Waals surface area contributed by atoms with Gasteiger partial charge in [0.1, 0.15) is 22.9 Å². The first kappa shape index (κ1) is 24.5. The lowest BCUT2D eigenvalue weighted by atomic mass is 9.78. The number of nitrogens with zero attached hydrogens (tertiary/aromatic N) is 6. The number of imidazole rings is 1. The monoisotopic (exact) mass is 505 g/mol. The highest BCUT2D eigenvalue weighted by molar-refractivity contribution is 5.91. The molecule has 1 aliphatic carbocycles. The highest BCUT2D eigenvalue weighted by atomic mass is 15.3. The predicted molar refractivity (Wildman–Crippen MR) is 156 cm³/mol. The van der Waals surface area contributed by atoms with Crippen LogP contribution in [-0.2, 0) is 0 Å². The third-order valence-corrected chi connectivity index (χ3v) is 8.05. The van der Waals surface area contributed by atoms with Gasteiger partial charge in [-0.05, 0) is 44.5 Å². The number of likely N-dealkylation sites (N-methyl/N-ethyl adjacent to an activating group) is 1. The van der Waals surface area contributed by atoms with E-state index >= 15 is 0 Å². The molecule has 0 radical (unpaired) electrons. The number of allylic oxidation sites excluding steroid dienone is 5. The highest BCUT2D eigenvalue weighted by Crippen LogP contribution is 2.42. The SMILES string of the molecule is C=C/C=C(\C=C/C)c1ccc2ccc(-c3nc([C@H]4C[C@@H](N5CCN(C)CC5)C4)n4ccnc(N)c34)cc2n1. The zero-order valence-electron chi connectivity index (χ0n) is 22.2. The molecule has 0 spiro atoms. The quantitative estimate of drug-likeness (QED) is 0.365. The third kappa shape index (κ3) is 4.42. The normalized spacial score (nSPS) is 21.4. The van der Waals surface area contributed by atoms with Crippen molar-refractivity contribution in [3.63, 3.8) is 0 Å². The fourth-order valence-electron chi connectivity index (χ4n) is 5.82. The number of anilines is 1.